The van der Waals surface area contributed by atoms with Crippen molar-refractivity contribution in [1.29, 1.82) is 0 Å². The van der Waals surface area contributed by atoms with Gasteiger partial charge in [-0.3, -0.25) is 0 Å². The van der Waals surface area contributed by atoms with Crippen molar-refractivity contribution in [3.8, 4) is 0 Å². The minimum atomic E-state index is -0.179. The van der Waals surface area contributed by atoms with Gasteiger partial charge in [0.15, 0.2) is 16.7 Å². The molecule has 20 heavy (non-hydrogen) atoms. The van der Waals surface area contributed by atoms with Gasteiger partial charge in [-0.25, -0.2) is 9.78 Å². The van der Waals surface area contributed by atoms with E-state index in [4.69, 9.17) is 11.6 Å². The highest BCUT2D eigenvalue weighted by Gasteiger charge is 2.39. The van der Waals surface area contributed by atoms with Crippen LogP contribution in [0, 0.1) is 6.92 Å². The topological polar surface area (TPSA) is 58.5 Å². The van der Waals surface area contributed by atoms with Gasteiger partial charge in [-0.2, -0.15) is 4.90 Å². The highest BCUT2D eigenvalue weighted by atomic mass is 35.5. The number of quaternary nitrogens is 1. The number of carbonyl (C=O) groups excluding carboxylic acids is 1. The van der Waals surface area contributed by atoms with Gasteiger partial charge in [0.2, 0.25) is 0 Å². The first-order valence-electron chi connectivity index (χ1n) is 5.99. The molecule has 0 saturated carbocycles. The van der Waals surface area contributed by atoms with Crippen molar-refractivity contribution in [3.63, 3.8) is 0 Å². The summed E-state index contributed by atoms with van der Waals surface area (Å²) in [7, 11) is 0. The van der Waals surface area contributed by atoms with E-state index in [2.05, 4.69) is 4.98 Å². The lowest BCUT2D eigenvalue weighted by Gasteiger charge is -2.16. The third-order valence-electron chi connectivity index (χ3n) is 3.16. The summed E-state index contributed by atoms with van der Waals surface area (Å²) in [6, 6.07) is 3.75. The normalized spacial score (nSPS) is 17.8. The van der Waals surface area contributed by atoms with Crippen LogP contribution >= 0.6 is 22.9 Å². The molecule has 0 radical (unpaired) electrons. The number of thiazole rings is 1. The van der Waals surface area contributed by atoms with Crippen molar-refractivity contribution >= 4 is 40.5 Å². The van der Waals surface area contributed by atoms with E-state index in [9.17, 15) is 9.90 Å². The average Bonchev–Trinajstić information content (AvgIpc) is 2.80. The van der Waals surface area contributed by atoms with Crippen molar-refractivity contribution in [2.45, 2.75) is 13.5 Å². The van der Waals surface area contributed by atoms with E-state index in [-0.39, 0.29) is 11.8 Å². The molecule has 1 aliphatic rings. The Morgan fingerprint density at radius 3 is 3.05 bits per heavy atom. The van der Waals surface area contributed by atoms with Crippen LogP contribution in [0.15, 0.2) is 30.6 Å². The van der Waals surface area contributed by atoms with E-state index in [0.717, 1.165) is 16.3 Å². The SMILES string of the molecule is Cc1ccc[n+]2c1[NH+](Cc1cnc(Cl)s1)C(=O)C=C2O. The van der Waals surface area contributed by atoms with Crippen LogP contribution in [0.2, 0.25) is 4.47 Å². The van der Waals surface area contributed by atoms with E-state index in [0.29, 0.717) is 15.9 Å². The van der Waals surface area contributed by atoms with Gasteiger partial charge in [0.1, 0.15) is 6.54 Å². The first kappa shape index (κ1) is 13.2. The first-order valence-corrected chi connectivity index (χ1v) is 7.19. The summed E-state index contributed by atoms with van der Waals surface area (Å²) in [5.74, 6) is 0.503. The molecule has 0 saturated heterocycles. The number of amides is 1. The fourth-order valence-corrected chi connectivity index (χ4v) is 3.28. The van der Waals surface area contributed by atoms with E-state index >= 15 is 0 Å². The van der Waals surface area contributed by atoms with Crippen LogP contribution in [0.3, 0.4) is 0 Å². The molecule has 0 aliphatic carbocycles. The zero-order valence-corrected chi connectivity index (χ0v) is 12.2. The Labute approximate surface area is 124 Å². The molecule has 0 spiro atoms. The summed E-state index contributed by atoms with van der Waals surface area (Å²) in [5.41, 5.74) is 0.936. The van der Waals surface area contributed by atoms with Crippen LogP contribution in [0.1, 0.15) is 10.4 Å². The predicted molar refractivity (Wildman–Crippen MR) is 74.7 cm³/mol. The first-order chi connectivity index (χ1) is 9.56. The predicted octanol–water partition coefficient (Wildman–Crippen LogP) is 1.01. The number of hydrogen-bond donors (Lipinski definition) is 2. The van der Waals surface area contributed by atoms with E-state index < -0.39 is 0 Å². The van der Waals surface area contributed by atoms with Crippen LogP contribution in [0.5, 0.6) is 0 Å². The number of aliphatic hydroxyl groups is 1. The molecule has 0 fully saturated rings. The van der Waals surface area contributed by atoms with Crippen molar-refractivity contribution in [2.24, 2.45) is 0 Å². The Morgan fingerprint density at radius 1 is 1.55 bits per heavy atom. The monoisotopic (exact) mass is 309 g/mol. The fourth-order valence-electron chi connectivity index (χ4n) is 2.29. The molecule has 2 N–H and O–H groups in total. The molecule has 102 valence electrons. The Balaban J connectivity index is 2.06. The number of aromatic nitrogens is 2. The molecule has 3 rings (SSSR count). The third-order valence-corrected chi connectivity index (χ3v) is 4.28. The molecular formula is C13H12ClN3O2S+2. The van der Waals surface area contributed by atoms with Gasteiger partial charge in [0.25, 0.3) is 0 Å². The second-order valence-electron chi connectivity index (χ2n) is 4.51. The number of hydrogen-bond acceptors (Lipinski definition) is 4. The van der Waals surface area contributed by atoms with Crippen molar-refractivity contribution in [3.05, 3.63) is 45.5 Å². The van der Waals surface area contributed by atoms with Gasteiger partial charge in [-0.05, 0) is 13.0 Å². The largest absolute Gasteiger partial charge is 0.459 e. The second-order valence-corrected chi connectivity index (χ2v) is 6.21. The molecule has 7 heteroatoms. The summed E-state index contributed by atoms with van der Waals surface area (Å²) < 4.78 is 2.08. The molecule has 0 aromatic carbocycles. The van der Waals surface area contributed by atoms with Gasteiger partial charge in [-0.15, -0.1) is 11.3 Å². The van der Waals surface area contributed by atoms with Gasteiger partial charge >= 0.3 is 17.6 Å². The molecule has 5 nitrogen and oxygen atoms in total. The number of fused-ring (bicyclic) bond motifs is 1. The Kier molecular flexibility index (Phi) is 3.29. The van der Waals surface area contributed by atoms with Crippen LogP contribution in [0.4, 0.5) is 5.82 Å². The zero-order chi connectivity index (χ0) is 14.3. The minimum Gasteiger partial charge on any atom is -0.459 e. The molecule has 0 bridgehead atoms. The van der Waals surface area contributed by atoms with Gasteiger partial charge in [0, 0.05) is 12.3 Å². The molecule has 1 atom stereocenters. The van der Waals surface area contributed by atoms with Gasteiger partial charge in [-0.1, -0.05) is 16.2 Å². The standard InChI is InChI=1S/C13H10ClN3O2S/c1-8-3-2-4-16-10(18)5-11(19)17(12(8)16)7-9-6-15-13(14)20-9/h2-6H,7H2,1H3/p+2. The maximum absolute atomic E-state index is 12.2. The van der Waals surface area contributed by atoms with E-state index in [1.807, 2.05) is 19.1 Å². The molecule has 1 aliphatic heterocycles. The number of nitrogens with zero attached hydrogens (tertiary/aromatic N) is 2. The Hall–Kier alpha value is -1.76. The molecular weight excluding hydrogens is 298 g/mol. The number of aryl methyl sites for hydroxylation is 1. The third kappa shape index (κ3) is 2.22. The highest BCUT2D eigenvalue weighted by Crippen LogP contribution is 2.17. The second kappa shape index (κ2) is 4.97. The lowest BCUT2D eigenvalue weighted by molar-refractivity contribution is -0.839. The quantitative estimate of drug-likeness (QED) is 0.814. The molecule has 3 heterocycles. The summed E-state index contributed by atoms with van der Waals surface area (Å²) in [5, 5.41) is 9.90. The minimum absolute atomic E-state index is 0.0558. The molecule has 1 amide bonds. The number of rotatable bonds is 2. The van der Waals surface area contributed by atoms with Crippen LogP contribution in [-0.2, 0) is 11.3 Å². The average molecular weight is 310 g/mol. The fraction of sp³-hybridized carbons (Fsp3) is 0.154. The lowest BCUT2D eigenvalue weighted by Crippen LogP contribution is -3.11. The van der Waals surface area contributed by atoms with E-state index in [1.165, 1.54) is 17.4 Å². The number of carbonyl (C=O) groups is 1. The Morgan fingerprint density at radius 2 is 2.35 bits per heavy atom. The van der Waals surface area contributed by atoms with Crippen molar-refractivity contribution in [2.75, 3.05) is 0 Å². The summed E-state index contributed by atoms with van der Waals surface area (Å²) in [6.45, 7) is 2.37. The molecule has 2 aromatic rings. The summed E-state index contributed by atoms with van der Waals surface area (Å²) >= 11 is 7.18. The summed E-state index contributed by atoms with van der Waals surface area (Å²) in [6.07, 6.45) is 4.65. The highest BCUT2D eigenvalue weighted by molar-refractivity contribution is 7.15. The summed E-state index contributed by atoms with van der Waals surface area (Å²) in [4.78, 5) is 17.7. The van der Waals surface area contributed by atoms with Crippen molar-refractivity contribution in [1.82, 2.24) is 4.98 Å². The Bertz CT molecular complexity index is 726. The maximum Gasteiger partial charge on any atom is 0.386 e. The lowest BCUT2D eigenvalue weighted by atomic mass is 10.2. The van der Waals surface area contributed by atoms with Crippen LogP contribution in [0.25, 0.3) is 5.88 Å². The smallest absolute Gasteiger partial charge is 0.386 e. The van der Waals surface area contributed by atoms with Gasteiger partial charge in [0.05, 0.1) is 10.4 Å². The number of pyridine rings is 1. The number of nitrogens with one attached hydrogen (secondary N) is 1. The van der Waals surface area contributed by atoms with E-state index in [1.54, 1.807) is 17.0 Å². The molecule has 2 aromatic heterocycles. The number of halogens is 1. The van der Waals surface area contributed by atoms with Crippen molar-refractivity contribution < 1.29 is 19.4 Å². The van der Waals surface area contributed by atoms with Crippen LogP contribution in [-0.4, -0.2) is 16.0 Å². The zero-order valence-electron chi connectivity index (χ0n) is 10.6. The van der Waals surface area contributed by atoms with Crippen LogP contribution < -0.4 is 9.47 Å². The van der Waals surface area contributed by atoms with Gasteiger partial charge < -0.3 is 5.11 Å². The number of aliphatic hydroxyl groups excluding tert-OH is 1. The molecule has 1 unspecified atom stereocenters. The maximum atomic E-state index is 12.2.